The second kappa shape index (κ2) is 7.26. The van der Waals surface area contributed by atoms with E-state index in [9.17, 15) is 35.2 Å². The number of alkyl halides is 5. The molecule has 1 atom stereocenters. The lowest BCUT2D eigenvalue weighted by Crippen LogP contribution is -2.52. The first-order valence-electron chi connectivity index (χ1n) is 6.58. The first-order valence-corrected chi connectivity index (χ1v) is 8.02. The second-order valence-corrected chi connectivity index (χ2v) is 6.51. The molecule has 23 heavy (non-hydrogen) atoms. The van der Waals surface area contributed by atoms with E-state index in [2.05, 4.69) is 4.74 Å². The molecule has 12 heteroatoms. The van der Waals surface area contributed by atoms with Crippen LogP contribution < -0.4 is 0 Å². The van der Waals surface area contributed by atoms with E-state index in [1.807, 2.05) is 0 Å². The van der Waals surface area contributed by atoms with Gasteiger partial charge < -0.3 is 9.47 Å². The van der Waals surface area contributed by atoms with Crippen molar-refractivity contribution < 1.29 is 49.2 Å². The van der Waals surface area contributed by atoms with E-state index < -0.39 is 46.3 Å². The molecule has 0 aromatic heterocycles. The summed E-state index contributed by atoms with van der Waals surface area (Å²) in [6, 6.07) is 0. The monoisotopic (exact) mass is 370 g/mol. The Kier molecular flexibility index (Phi) is 6.32. The number of esters is 1. The normalized spacial score (nSPS) is 19.4. The molecule has 0 saturated heterocycles. The maximum Gasteiger partial charge on any atom is 0.432 e. The first-order chi connectivity index (χ1) is 10.4. The molecule has 1 rings (SSSR count). The van der Waals surface area contributed by atoms with Crippen LogP contribution in [-0.4, -0.2) is 49.2 Å². The van der Waals surface area contributed by atoms with Crippen LogP contribution in [0.5, 0.6) is 0 Å². The fraction of sp³-hybridized carbons (Fsp3) is 0.909. The summed E-state index contributed by atoms with van der Waals surface area (Å²) >= 11 is 0. The molecule has 1 unspecified atom stereocenters. The average Bonchev–Trinajstić information content (AvgIpc) is 2.41. The lowest BCUT2D eigenvalue weighted by Gasteiger charge is -2.26. The van der Waals surface area contributed by atoms with Gasteiger partial charge in [-0.15, -0.1) is 0 Å². The van der Waals surface area contributed by atoms with Crippen LogP contribution in [0.3, 0.4) is 0 Å². The number of carbonyl (C=O) groups excluding carboxylic acids is 1. The van der Waals surface area contributed by atoms with Gasteiger partial charge in [-0.25, -0.2) is 4.79 Å². The summed E-state index contributed by atoms with van der Waals surface area (Å²) in [6.45, 7) is -1.03. The molecule has 136 valence electrons. The molecule has 0 heterocycles. The lowest BCUT2D eigenvalue weighted by atomic mass is 9.98. The zero-order chi connectivity index (χ0) is 17.9. The molecule has 0 bridgehead atoms. The Bertz CT molecular complexity index is 511. The highest BCUT2D eigenvalue weighted by Gasteiger charge is 2.66. The van der Waals surface area contributed by atoms with Crippen molar-refractivity contribution in [3.8, 4) is 0 Å². The highest BCUT2D eigenvalue weighted by molar-refractivity contribution is 7.86. The molecule has 0 aromatic rings. The molecule has 0 amide bonds. The van der Waals surface area contributed by atoms with Crippen molar-refractivity contribution in [2.45, 2.75) is 55.7 Å². The van der Waals surface area contributed by atoms with E-state index in [0.717, 1.165) is 19.3 Å². The molecule has 0 aliphatic heterocycles. The number of ether oxygens (including phenoxy) is 2. The van der Waals surface area contributed by atoms with Gasteiger partial charge in [-0.05, 0) is 12.8 Å². The lowest BCUT2D eigenvalue weighted by molar-refractivity contribution is -0.260. The van der Waals surface area contributed by atoms with Crippen molar-refractivity contribution in [2.24, 2.45) is 0 Å². The Morgan fingerprint density at radius 2 is 1.65 bits per heavy atom. The molecule has 6 nitrogen and oxygen atoms in total. The Hall–Kier alpha value is -1.01. The summed E-state index contributed by atoms with van der Waals surface area (Å²) in [7, 11) is -6.44. The molecule has 0 radical (unpaired) electrons. The molecule has 1 N–H and O–H groups in total. The van der Waals surface area contributed by atoms with Crippen molar-refractivity contribution in [2.75, 3.05) is 6.61 Å². The van der Waals surface area contributed by atoms with Gasteiger partial charge in [0, 0.05) is 0 Å². The average molecular weight is 370 g/mol. The zero-order valence-electron chi connectivity index (χ0n) is 11.7. The van der Waals surface area contributed by atoms with Crippen molar-refractivity contribution >= 4 is 16.1 Å². The van der Waals surface area contributed by atoms with Crippen LogP contribution in [0.1, 0.15) is 32.1 Å². The Morgan fingerprint density at radius 1 is 1.13 bits per heavy atom. The molecule has 0 aromatic carbocycles. The summed E-state index contributed by atoms with van der Waals surface area (Å²) in [5, 5.41) is -5.73. The molecule has 1 saturated carbocycles. The van der Waals surface area contributed by atoms with Crippen molar-refractivity contribution in [1.29, 1.82) is 0 Å². The van der Waals surface area contributed by atoms with Crippen LogP contribution in [0.4, 0.5) is 22.0 Å². The predicted molar refractivity (Wildman–Crippen MR) is 65.3 cm³/mol. The summed E-state index contributed by atoms with van der Waals surface area (Å²) in [5.74, 6) is -1.80. The van der Waals surface area contributed by atoms with E-state index >= 15 is 0 Å². The molecule has 1 aliphatic rings. The Labute approximate surface area is 128 Å². The van der Waals surface area contributed by atoms with Crippen LogP contribution in [0, 0.1) is 0 Å². The number of hydrogen-bond donors (Lipinski definition) is 1. The SMILES string of the molecule is O=C(COC1CCCCC1)OC(C(F)(F)F)C(F)(F)S(=O)(=O)O. The highest BCUT2D eigenvalue weighted by Crippen LogP contribution is 2.38. The van der Waals surface area contributed by atoms with Crippen LogP contribution in [0.15, 0.2) is 0 Å². The number of halogens is 5. The smallest absolute Gasteiger partial charge is 0.432 e. The van der Waals surface area contributed by atoms with Crippen LogP contribution in [-0.2, 0) is 24.4 Å². The van der Waals surface area contributed by atoms with Crippen molar-refractivity contribution in [1.82, 2.24) is 0 Å². The quantitative estimate of drug-likeness (QED) is 0.438. The topological polar surface area (TPSA) is 89.9 Å². The summed E-state index contributed by atoms with van der Waals surface area (Å²) < 4.78 is 101. The fourth-order valence-corrected chi connectivity index (χ4v) is 2.50. The van der Waals surface area contributed by atoms with Gasteiger partial charge in [-0.2, -0.15) is 30.4 Å². The molecular weight excluding hydrogens is 355 g/mol. The summed E-state index contributed by atoms with van der Waals surface area (Å²) in [4.78, 5) is 11.3. The molecular formula is C11H15F5O6S. The number of carbonyl (C=O) groups is 1. The van der Waals surface area contributed by atoms with E-state index in [0.29, 0.717) is 12.8 Å². The minimum Gasteiger partial charge on any atom is -0.443 e. The largest absolute Gasteiger partial charge is 0.443 e. The van der Waals surface area contributed by atoms with Gasteiger partial charge in [-0.1, -0.05) is 19.3 Å². The second-order valence-electron chi connectivity index (χ2n) is 5.02. The number of hydrogen-bond acceptors (Lipinski definition) is 5. The third-order valence-electron chi connectivity index (χ3n) is 3.18. The minimum absolute atomic E-state index is 0.400. The van der Waals surface area contributed by atoms with Gasteiger partial charge in [-0.3, -0.25) is 4.55 Å². The minimum atomic E-state index is -6.44. The van der Waals surface area contributed by atoms with Crippen molar-refractivity contribution in [3.05, 3.63) is 0 Å². The van der Waals surface area contributed by atoms with Gasteiger partial charge in [0.2, 0.25) is 0 Å². The molecule has 1 fully saturated rings. The Morgan fingerprint density at radius 3 is 2.09 bits per heavy atom. The van der Waals surface area contributed by atoms with Crippen LogP contribution in [0.2, 0.25) is 0 Å². The third-order valence-corrected chi connectivity index (χ3v) is 4.09. The first kappa shape index (κ1) is 20.0. The van der Waals surface area contributed by atoms with E-state index in [1.165, 1.54) is 0 Å². The van der Waals surface area contributed by atoms with Gasteiger partial charge >= 0.3 is 27.5 Å². The maximum atomic E-state index is 13.2. The van der Waals surface area contributed by atoms with Gasteiger partial charge in [0.1, 0.15) is 6.61 Å². The standard InChI is InChI=1S/C11H15F5O6S/c12-10(13,14)9(11(15,16)23(18,19)20)22-8(17)6-21-7-4-2-1-3-5-7/h7,9H,1-6H2,(H,18,19,20). The van der Waals surface area contributed by atoms with E-state index in [4.69, 9.17) is 9.29 Å². The maximum absolute atomic E-state index is 13.2. The predicted octanol–water partition coefficient (Wildman–Crippen LogP) is 2.29. The third kappa shape index (κ3) is 5.53. The summed E-state index contributed by atoms with van der Waals surface area (Å²) in [5.41, 5.74) is 0. The van der Waals surface area contributed by atoms with Gasteiger partial charge in [0.25, 0.3) is 6.10 Å². The van der Waals surface area contributed by atoms with Gasteiger partial charge in [0.05, 0.1) is 6.10 Å². The van der Waals surface area contributed by atoms with Crippen LogP contribution in [0.25, 0.3) is 0 Å². The fourth-order valence-electron chi connectivity index (χ4n) is 2.04. The van der Waals surface area contributed by atoms with Crippen LogP contribution >= 0.6 is 0 Å². The summed E-state index contributed by atoms with van der Waals surface area (Å²) in [6.07, 6.45) is -6.96. The Balaban J connectivity index is 2.72. The molecule has 0 spiro atoms. The van der Waals surface area contributed by atoms with E-state index in [-0.39, 0.29) is 0 Å². The molecule has 1 aliphatic carbocycles. The number of rotatable bonds is 6. The highest BCUT2D eigenvalue weighted by atomic mass is 32.2. The zero-order valence-corrected chi connectivity index (χ0v) is 12.5. The van der Waals surface area contributed by atoms with Crippen molar-refractivity contribution in [3.63, 3.8) is 0 Å². The van der Waals surface area contributed by atoms with Gasteiger partial charge in [0.15, 0.2) is 0 Å². The van der Waals surface area contributed by atoms with E-state index in [1.54, 1.807) is 0 Å².